The molecule has 0 atom stereocenters. The van der Waals surface area contributed by atoms with Gasteiger partial charge in [-0.15, -0.1) is 11.3 Å². The number of thiophene rings is 1. The van der Waals surface area contributed by atoms with Gasteiger partial charge < -0.3 is 9.26 Å². The van der Waals surface area contributed by atoms with Crippen molar-refractivity contribution in [2.45, 2.75) is 25.6 Å². The lowest BCUT2D eigenvalue weighted by molar-refractivity contribution is -0.159. The Labute approximate surface area is 162 Å². The van der Waals surface area contributed by atoms with E-state index in [-0.39, 0.29) is 5.82 Å². The monoisotopic (exact) mass is 416 g/mol. The number of aryl methyl sites for hydroxylation is 1. The van der Waals surface area contributed by atoms with Crippen molar-refractivity contribution in [1.29, 1.82) is 0 Å². The molecule has 0 aliphatic rings. The molecule has 0 bridgehead atoms. The molecule has 3 heterocycles. The number of hydrogen-bond donors (Lipinski definition) is 0. The molecular weight excluding hydrogens is 401 g/mol. The van der Waals surface area contributed by atoms with E-state index in [9.17, 15) is 13.2 Å². The van der Waals surface area contributed by atoms with Gasteiger partial charge in [-0.1, -0.05) is 17.4 Å². The Balaban J connectivity index is 1.61. The van der Waals surface area contributed by atoms with Crippen LogP contribution < -0.4 is 0 Å². The van der Waals surface area contributed by atoms with Crippen LogP contribution in [0.15, 0.2) is 29.0 Å². The number of halogens is 3. The van der Waals surface area contributed by atoms with Gasteiger partial charge in [-0.3, -0.25) is 4.68 Å². The molecule has 0 aliphatic heterocycles. The molecule has 3 rings (SSSR count). The van der Waals surface area contributed by atoms with E-state index in [1.54, 1.807) is 30.1 Å². The SMILES string of the molecule is COCC(=S)CCc1cnn(Cc2ccc(-c3noc(C(F)(F)F)n3)s2)c1. The first kappa shape index (κ1) is 19.6. The Kier molecular flexibility index (Phi) is 6.02. The normalized spacial score (nSPS) is 11.9. The summed E-state index contributed by atoms with van der Waals surface area (Å²) in [4.78, 5) is 5.66. The Morgan fingerprint density at radius 2 is 2.19 bits per heavy atom. The van der Waals surface area contributed by atoms with Crippen molar-refractivity contribution in [3.63, 3.8) is 0 Å². The fourth-order valence-electron chi connectivity index (χ4n) is 2.32. The second-order valence-corrected chi connectivity index (χ2v) is 7.45. The average Bonchev–Trinajstić information content (AvgIpc) is 3.33. The lowest BCUT2D eigenvalue weighted by Crippen LogP contribution is -2.04. The second kappa shape index (κ2) is 8.28. The molecule has 0 aromatic carbocycles. The molecule has 0 fully saturated rings. The molecule has 0 amide bonds. The minimum absolute atomic E-state index is 0.0774. The number of hydrogen-bond acceptors (Lipinski definition) is 7. The number of nitrogens with zero attached hydrogens (tertiary/aromatic N) is 4. The van der Waals surface area contributed by atoms with Crippen molar-refractivity contribution in [2.24, 2.45) is 0 Å². The van der Waals surface area contributed by atoms with E-state index in [2.05, 4.69) is 19.8 Å². The minimum atomic E-state index is -4.65. The van der Waals surface area contributed by atoms with Gasteiger partial charge in [-0.2, -0.15) is 23.3 Å². The number of aromatic nitrogens is 4. The van der Waals surface area contributed by atoms with Crippen LogP contribution in [0, 0.1) is 0 Å². The van der Waals surface area contributed by atoms with Gasteiger partial charge >= 0.3 is 12.1 Å². The van der Waals surface area contributed by atoms with Gasteiger partial charge in [0, 0.05) is 23.0 Å². The Bertz CT molecular complexity index is 917. The molecule has 27 heavy (non-hydrogen) atoms. The third-order valence-electron chi connectivity index (χ3n) is 3.55. The molecule has 11 heteroatoms. The lowest BCUT2D eigenvalue weighted by Gasteiger charge is -2.00. The summed E-state index contributed by atoms with van der Waals surface area (Å²) in [5.41, 5.74) is 1.05. The molecule has 0 radical (unpaired) electrons. The molecule has 0 saturated heterocycles. The van der Waals surface area contributed by atoms with Crippen molar-refractivity contribution in [2.75, 3.05) is 13.7 Å². The summed E-state index contributed by atoms with van der Waals surface area (Å²) in [6, 6.07) is 3.47. The summed E-state index contributed by atoms with van der Waals surface area (Å²) in [7, 11) is 1.61. The van der Waals surface area contributed by atoms with Gasteiger partial charge in [-0.25, -0.2) is 0 Å². The molecule has 0 aliphatic carbocycles. The zero-order chi connectivity index (χ0) is 19.4. The van der Waals surface area contributed by atoms with Crippen LogP contribution in [0.5, 0.6) is 0 Å². The molecule has 0 saturated carbocycles. The van der Waals surface area contributed by atoms with Crippen LogP contribution in [0.2, 0.25) is 0 Å². The van der Waals surface area contributed by atoms with E-state index in [0.717, 1.165) is 28.1 Å². The van der Waals surface area contributed by atoms with E-state index in [4.69, 9.17) is 17.0 Å². The molecule has 0 N–H and O–H groups in total. The van der Waals surface area contributed by atoms with Gasteiger partial charge in [0.05, 0.1) is 24.2 Å². The van der Waals surface area contributed by atoms with Crippen molar-refractivity contribution in [3.05, 3.63) is 40.9 Å². The first-order valence-electron chi connectivity index (χ1n) is 7.87. The minimum Gasteiger partial charge on any atom is -0.379 e. The van der Waals surface area contributed by atoms with Crippen LogP contribution in [0.4, 0.5) is 13.2 Å². The number of rotatable bonds is 8. The molecule has 6 nitrogen and oxygen atoms in total. The fraction of sp³-hybridized carbons (Fsp3) is 0.375. The van der Waals surface area contributed by atoms with Crippen molar-refractivity contribution in [1.82, 2.24) is 19.9 Å². The third-order valence-corrected chi connectivity index (χ3v) is 4.94. The van der Waals surface area contributed by atoms with E-state index in [1.807, 2.05) is 6.20 Å². The van der Waals surface area contributed by atoms with Crippen LogP contribution in [0.1, 0.15) is 22.8 Å². The zero-order valence-corrected chi connectivity index (χ0v) is 15.8. The Morgan fingerprint density at radius 1 is 1.37 bits per heavy atom. The Morgan fingerprint density at radius 3 is 2.89 bits per heavy atom. The highest BCUT2D eigenvalue weighted by atomic mass is 32.1. The molecular formula is C16H15F3N4O2S2. The summed E-state index contributed by atoms with van der Waals surface area (Å²) in [5, 5.41) is 7.70. The maximum Gasteiger partial charge on any atom is 0.471 e. The first-order chi connectivity index (χ1) is 12.8. The van der Waals surface area contributed by atoms with Gasteiger partial charge in [0.15, 0.2) is 0 Å². The van der Waals surface area contributed by atoms with Gasteiger partial charge in [0.2, 0.25) is 5.82 Å². The second-order valence-electron chi connectivity index (χ2n) is 5.70. The van der Waals surface area contributed by atoms with E-state index in [1.165, 1.54) is 11.3 Å². The van der Waals surface area contributed by atoms with Crippen molar-refractivity contribution >= 4 is 28.4 Å². The Hall–Kier alpha value is -2.11. The summed E-state index contributed by atoms with van der Waals surface area (Å²) in [6.45, 7) is 0.963. The fourth-order valence-corrected chi connectivity index (χ4v) is 3.47. The number of ether oxygens (including phenoxy) is 1. The quantitative estimate of drug-likeness (QED) is 0.517. The number of methoxy groups -OCH3 is 1. The highest BCUT2D eigenvalue weighted by Gasteiger charge is 2.38. The molecule has 0 unspecified atom stereocenters. The smallest absolute Gasteiger partial charge is 0.379 e. The third kappa shape index (κ3) is 5.21. The maximum atomic E-state index is 12.5. The van der Waals surface area contributed by atoms with Gasteiger partial charge in [-0.05, 0) is 30.5 Å². The van der Waals surface area contributed by atoms with Gasteiger partial charge in [0.25, 0.3) is 0 Å². The van der Waals surface area contributed by atoms with Gasteiger partial charge in [0.1, 0.15) is 0 Å². The predicted molar refractivity (Wildman–Crippen MR) is 96.7 cm³/mol. The molecule has 3 aromatic heterocycles. The number of alkyl halides is 3. The average molecular weight is 416 g/mol. The molecule has 0 spiro atoms. The predicted octanol–water partition coefficient (Wildman–Crippen LogP) is 4.01. The van der Waals surface area contributed by atoms with Crippen LogP contribution in [-0.4, -0.2) is 38.5 Å². The van der Waals surface area contributed by atoms with Crippen LogP contribution in [0.3, 0.4) is 0 Å². The molecule has 144 valence electrons. The zero-order valence-electron chi connectivity index (χ0n) is 14.2. The van der Waals surface area contributed by atoms with E-state index < -0.39 is 12.1 Å². The summed E-state index contributed by atoms with van der Waals surface area (Å²) in [6.07, 6.45) is 0.574. The summed E-state index contributed by atoms with van der Waals surface area (Å²) < 4.78 is 48.7. The lowest BCUT2D eigenvalue weighted by atomic mass is 10.1. The highest BCUT2D eigenvalue weighted by Crippen LogP contribution is 2.31. The standard InChI is InChI=1S/C16H15F3N4O2S2/c1-24-9-11(26)3-2-10-6-20-23(7-10)8-12-4-5-13(27-12)14-21-15(25-22-14)16(17,18)19/h4-7H,2-3,8-9H2,1H3. The van der Waals surface area contributed by atoms with Crippen LogP contribution in [0.25, 0.3) is 10.7 Å². The maximum absolute atomic E-state index is 12.5. The largest absolute Gasteiger partial charge is 0.471 e. The first-order valence-corrected chi connectivity index (χ1v) is 9.09. The van der Waals surface area contributed by atoms with E-state index >= 15 is 0 Å². The van der Waals surface area contributed by atoms with Crippen molar-refractivity contribution < 1.29 is 22.4 Å². The van der Waals surface area contributed by atoms with Crippen LogP contribution >= 0.6 is 23.6 Å². The topological polar surface area (TPSA) is 66.0 Å². The highest BCUT2D eigenvalue weighted by molar-refractivity contribution is 7.80. The van der Waals surface area contributed by atoms with Crippen molar-refractivity contribution in [3.8, 4) is 10.7 Å². The summed E-state index contributed by atoms with van der Waals surface area (Å²) in [5.74, 6) is -1.43. The summed E-state index contributed by atoms with van der Waals surface area (Å²) >= 11 is 6.49. The van der Waals surface area contributed by atoms with Crippen LogP contribution in [-0.2, 0) is 23.9 Å². The number of thiocarbonyl (C=S) groups is 1. The molecule has 3 aromatic rings. The van der Waals surface area contributed by atoms with E-state index in [0.29, 0.717) is 18.0 Å².